The lowest BCUT2D eigenvalue weighted by Crippen LogP contribution is -1.97. The van der Waals surface area contributed by atoms with Gasteiger partial charge in [-0.25, -0.2) is 14.4 Å². The molecule has 1 aromatic heterocycles. The average Bonchev–Trinajstić information content (AvgIpc) is 2.63. The summed E-state index contributed by atoms with van der Waals surface area (Å²) in [7, 11) is 0. The van der Waals surface area contributed by atoms with Crippen molar-refractivity contribution < 1.29 is 4.39 Å². The van der Waals surface area contributed by atoms with Crippen LogP contribution in [-0.2, 0) is 0 Å². The number of aromatic nitrogens is 2. The van der Waals surface area contributed by atoms with Crippen molar-refractivity contribution in [3.8, 4) is 11.1 Å². The Hall–Kier alpha value is -3.27. The van der Waals surface area contributed by atoms with Crippen LogP contribution in [0.25, 0.3) is 22.0 Å². The molecule has 0 atom stereocenters. The van der Waals surface area contributed by atoms with Gasteiger partial charge in [0.2, 0.25) is 0 Å². The molecule has 0 aliphatic rings. The first-order valence-electron chi connectivity index (χ1n) is 7.63. The molecule has 0 spiro atoms. The molecule has 24 heavy (non-hydrogen) atoms. The molecule has 3 aromatic carbocycles. The van der Waals surface area contributed by atoms with E-state index in [1.165, 1.54) is 12.4 Å². The van der Waals surface area contributed by atoms with Crippen LogP contribution in [0.1, 0.15) is 0 Å². The first kappa shape index (κ1) is 14.3. The molecule has 116 valence electrons. The topological polar surface area (TPSA) is 37.8 Å². The summed E-state index contributed by atoms with van der Waals surface area (Å²) in [5.41, 5.74) is 2.93. The molecule has 0 aliphatic heterocycles. The van der Waals surface area contributed by atoms with Crippen molar-refractivity contribution in [2.75, 3.05) is 5.32 Å². The molecule has 0 amide bonds. The van der Waals surface area contributed by atoms with E-state index in [0.717, 1.165) is 16.5 Å². The number of anilines is 2. The van der Waals surface area contributed by atoms with E-state index >= 15 is 0 Å². The summed E-state index contributed by atoms with van der Waals surface area (Å²) in [5.74, 6) is 0.386. The summed E-state index contributed by atoms with van der Waals surface area (Å²) in [6.07, 6.45) is 1.50. The number of nitrogens with zero attached hydrogens (tertiary/aromatic N) is 2. The smallest absolute Gasteiger partial charge is 0.141 e. The maximum Gasteiger partial charge on any atom is 0.141 e. The number of hydrogen-bond acceptors (Lipinski definition) is 3. The predicted molar refractivity (Wildman–Crippen MR) is 94.7 cm³/mol. The van der Waals surface area contributed by atoms with Gasteiger partial charge >= 0.3 is 0 Å². The maximum absolute atomic E-state index is 14.5. The number of nitrogens with one attached hydrogen (secondary N) is 1. The Morgan fingerprint density at radius 1 is 0.792 bits per heavy atom. The lowest BCUT2D eigenvalue weighted by molar-refractivity contribution is 0.632. The van der Waals surface area contributed by atoms with E-state index in [1.807, 2.05) is 60.7 Å². The number of rotatable bonds is 3. The zero-order valence-corrected chi connectivity index (χ0v) is 12.8. The van der Waals surface area contributed by atoms with Gasteiger partial charge in [0.05, 0.1) is 5.52 Å². The van der Waals surface area contributed by atoms with Crippen molar-refractivity contribution in [2.45, 2.75) is 0 Å². The molecular formula is C20H14FN3. The van der Waals surface area contributed by atoms with E-state index in [2.05, 4.69) is 15.3 Å². The fraction of sp³-hybridized carbons (Fsp3) is 0. The van der Waals surface area contributed by atoms with Crippen LogP contribution in [0, 0.1) is 5.82 Å². The van der Waals surface area contributed by atoms with Crippen molar-refractivity contribution in [2.24, 2.45) is 0 Å². The van der Waals surface area contributed by atoms with Gasteiger partial charge in [-0.3, -0.25) is 0 Å². The highest BCUT2D eigenvalue weighted by Gasteiger charge is 2.08. The van der Waals surface area contributed by atoms with Crippen LogP contribution in [-0.4, -0.2) is 9.97 Å². The molecule has 0 saturated heterocycles. The highest BCUT2D eigenvalue weighted by molar-refractivity contribution is 5.90. The van der Waals surface area contributed by atoms with Crippen LogP contribution < -0.4 is 5.32 Å². The lowest BCUT2D eigenvalue weighted by Gasteiger charge is -2.10. The van der Waals surface area contributed by atoms with Crippen molar-refractivity contribution >= 4 is 22.4 Å². The zero-order valence-electron chi connectivity index (χ0n) is 12.8. The van der Waals surface area contributed by atoms with E-state index in [-0.39, 0.29) is 5.82 Å². The number of benzene rings is 3. The van der Waals surface area contributed by atoms with E-state index in [4.69, 9.17) is 0 Å². The van der Waals surface area contributed by atoms with Gasteiger partial charge in [0.1, 0.15) is 18.0 Å². The van der Waals surface area contributed by atoms with Gasteiger partial charge in [-0.15, -0.1) is 0 Å². The molecule has 0 unspecified atom stereocenters. The van der Waals surface area contributed by atoms with Crippen LogP contribution in [0.2, 0.25) is 0 Å². The van der Waals surface area contributed by atoms with Crippen LogP contribution >= 0.6 is 0 Å². The number of halogens is 1. The van der Waals surface area contributed by atoms with E-state index < -0.39 is 0 Å². The third-order valence-corrected chi connectivity index (χ3v) is 3.86. The first-order valence-corrected chi connectivity index (χ1v) is 7.63. The molecule has 0 radical (unpaired) electrons. The Morgan fingerprint density at radius 3 is 2.42 bits per heavy atom. The van der Waals surface area contributed by atoms with Crippen molar-refractivity contribution in [1.29, 1.82) is 0 Å². The predicted octanol–water partition coefficient (Wildman–Crippen LogP) is 5.18. The molecule has 3 nitrogen and oxygen atoms in total. The second-order valence-electron chi connectivity index (χ2n) is 5.43. The molecule has 0 aliphatic carbocycles. The molecule has 0 bridgehead atoms. The molecule has 4 aromatic rings. The summed E-state index contributed by atoms with van der Waals surface area (Å²) >= 11 is 0. The first-order chi connectivity index (χ1) is 11.8. The van der Waals surface area contributed by atoms with Gasteiger partial charge in [0.25, 0.3) is 0 Å². The third-order valence-electron chi connectivity index (χ3n) is 3.86. The molecule has 1 N–H and O–H groups in total. The van der Waals surface area contributed by atoms with E-state index in [0.29, 0.717) is 17.1 Å². The number of fused-ring (bicyclic) bond motifs is 1. The summed E-state index contributed by atoms with van der Waals surface area (Å²) in [4.78, 5) is 8.50. The Bertz CT molecular complexity index is 995. The fourth-order valence-electron chi connectivity index (χ4n) is 2.69. The van der Waals surface area contributed by atoms with Crippen molar-refractivity contribution in [3.05, 3.63) is 84.9 Å². The van der Waals surface area contributed by atoms with Gasteiger partial charge in [-0.2, -0.15) is 0 Å². The van der Waals surface area contributed by atoms with Gasteiger partial charge in [-0.1, -0.05) is 42.5 Å². The zero-order chi connectivity index (χ0) is 16.4. The maximum atomic E-state index is 14.5. The highest BCUT2D eigenvalue weighted by atomic mass is 19.1. The summed E-state index contributed by atoms with van der Waals surface area (Å²) < 4.78 is 14.5. The molecular weight excluding hydrogens is 301 g/mol. The minimum atomic E-state index is -0.274. The highest BCUT2D eigenvalue weighted by Crippen LogP contribution is 2.28. The van der Waals surface area contributed by atoms with Gasteiger partial charge in [0.15, 0.2) is 0 Å². The van der Waals surface area contributed by atoms with Crippen LogP contribution in [0.5, 0.6) is 0 Å². The fourth-order valence-corrected chi connectivity index (χ4v) is 2.69. The SMILES string of the molecule is Fc1cc(Nc2ncnc3ccccc23)ccc1-c1ccccc1. The van der Waals surface area contributed by atoms with E-state index in [1.54, 1.807) is 6.07 Å². The molecule has 4 rings (SSSR count). The molecule has 4 heteroatoms. The monoisotopic (exact) mass is 315 g/mol. The number of hydrogen-bond donors (Lipinski definition) is 1. The quantitative estimate of drug-likeness (QED) is 0.566. The van der Waals surface area contributed by atoms with Crippen LogP contribution in [0.3, 0.4) is 0 Å². The summed E-state index contributed by atoms with van der Waals surface area (Å²) in [5, 5.41) is 4.07. The van der Waals surface area contributed by atoms with Crippen molar-refractivity contribution in [1.82, 2.24) is 9.97 Å². The minimum absolute atomic E-state index is 0.274. The third kappa shape index (κ3) is 2.70. The number of para-hydroxylation sites is 1. The van der Waals surface area contributed by atoms with Gasteiger partial charge in [0, 0.05) is 16.6 Å². The van der Waals surface area contributed by atoms with Crippen LogP contribution in [0.4, 0.5) is 15.9 Å². The van der Waals surface area contributed by atoms with E-state index in [9.17, 15) is 4.39 Å². The average molecular weight is 315 g/mol. The Morgan fingerprint density at radius 2 is 1.58 bits per heavy atom. The Labute approximate surface area is 138 Å². The van der Waals surface area contributed by atoms with Crippen LogP contribution in [0.15, 0.2) is 79.1 Å². The molecule has 0 fully saturated rings. The second-order valence-corrected chi connectivity index (χ2v) is 5.43. The van der Waals surface area contributed by atoms with Gasteiger partial charge in [-0.05, 0) is 35.9 Å². The van der Waals surface area contributed by atoms with Crippen molar-refractivity contribution in [3.63, 3.8) is 0 Å². The standard InChI is InChI=1S/C20H14FN3/c21-18-12-15(10-11-16(18)14-6-2-1-3-7-14)24-20-17-8-4-5-9-19(17)22-13-23-20/h1-13H,(H,22,23,24). The largest absolute Gasteiger partial charge is 0.340 e. The Kier molecular flexibility index (Phi) is 3.63. The molecule has 1 heterocycles. The minimum Gasteiger partial charge on any atom is -0.340 e. The lowest BCUT2D eigenvalue weighted by atomic mass is 10.0. The normalized spacial score (nSPS) is 10.7. The summed E-state index contributed by atoms with van der Waals surface area (Å²) in [6.45, 7) is 0. The molecule has 0 saturated carbocycles. The second kappa shape index (κ2) is 6.08. The summed E-state index contributed by atoms with van der Waals surface area (Å²) in [6, 6.07) is 22.3. The van der Waals surface area contributed by atoms with Gasteiger partial charge < -0.3 is 5.32 Å². The Balaban J connectivity index is 1.69.